The number of aromatic nitrogens is 2. The highest BCUT2D eigenvalue weighted by molar-refractivity contribution is 7.98. The Morgan fingerprint density at radius 3 is 2.56 bits per heavy atom. The monoisotopic (exact) mass is 355 g/mol. The van der Waals surface area contributed by atoms with Crippen LogP contribution in [0, 0.1) is 0 Å². The van der Waals surface area contributed by atoms with Gasteiger partial charge in [-0.15, -0.1) is 0 Å². The first-order valence-corrected chi connectivity index (χ1v) is 8.83. The molecule has 1 N–H and O–H groups in total. The van der Waals surface area contributed by atoms with Crippen molar-refractivity contribution in [2.75, 3.05) is 13.4 Å². The van der Waals surface area contributed by atoms with Crippen LogP contribution in [-0.2, 0) is 9.53 Å². The van der Waals surface area contributed by atoms with E-state index in [1.54, 1.807) is 24.3 Å². The van der Waals surface area contributed by atoms with E-state index < -0.39 is 17.9 Å². The summed E-state index contributed by atoms with van der Waals surface area (Å²) in [7, 11) is 1.29. The average molecular weight is 355 g/mol. The molecule has 7 heteroatoms. The summed E-state index contributed by atoms with van der Waals surface area (Å²) in [6.07, 6.45) is 3.74. The first kappa shape index (κ1) is 17.0. The lowest BCUT2D eigenvalue weighted by atomic mass is 10.1. The van der Waals surface area contributed by atoms with Gasteiger partial charge in [-0.2, -0.15) is 0 Å². The molecule has 0 aliphatic heterocycles. The fourth-order valence-electron chi connectivity index (χ4n) is 2.56. The smallest absolute Gasteiger partial charge is 0.333 e. The molecule has 0 radical (unpaired) electrons. The zero-order valence-electron chi connectivity index (χ0n) is 13.8. The van der Waals surface area contributed by atoms with Crippen molar-refractivity contribution in [1.29, 1.82) is 0 Å². The zero-order valence-corrected chi connectivity index (χ0v) is 14.6. The van der Waals surface area contributed by atoms with E-state index in [9.17, 15) is 9.59 Å². The molecule has 2 aromatic heterocycles. The molecule has 25 heavy (non-hydrogen) atoms. The third kappa shape index (κ3) is 3.36. The fraction of sp³-hybridized carbons (Fsp3) is 0.167. The van der Waals surface area contributed by atoms with Gasteiger partial charge in [0, 0.05) is 6.20 Å². The Balaban J connectivity index is 1.96. The second-order valence-electron chi connectivity index (χ2n) is 5.24. The van der Waals surface area contributed by atoms with Crippen molar-refractivity contribution in [3.63, 3.8) is 0 Å². The minimum atomic E-state index is -0.892. The average Bonchev–Trinajstić information content (AvgIpc) is 3.05. The quantitative estimate of drug-likeness (QED) is 0.563. The molecular weight excluding hydrogens is 338 g/mol. The van der Waals surface area contributed by atoms with Gasteiger partial charge in [-0.3, -0.25) is 9.20 Å². The molecule has 1 atom stereocenters. The SMILES string of the molecule is COC(=O)C(NC(=O)c1nc(SC)n2ccccc12)c1ccccc1. The van der Waals surface area contributed by atoms with Gasteiger partial charge in [0.1, 0.15) is 0 Å². The molecule has 2 heterocycles. The number of imidazole rings is 1. The maximum atomic E-state index is 12.8. The molecule has 6 nitrogen and oxygen atoms in total. The maximum absolute atomic E-state index is 12.8. The lowest BCUT2D eigenvalue weighted by molar-refractivity contribution is -0.143. The molecule has 0 aliphatic rings. The number of nitrogens with zero attached hydrogens (tertiary/aromatic N) is 2. The lowest BCUT2D eigenvalue weighted by Crippen LogP contribution is -2.34. The van der Waals surface area contributed by atoms with Gasteiger partial charge in [0.25, 0.3) is 5.91 Å². The number of hydrogen-bond donors (Lipinski definition) is 1. The number of esters is 1. The van der Waals surface area contributed by atoms with Crippen LogP contribution >= 0.6 is 11.8 Å². The number of pyridine rings is 1. The summed E-state index contributed by atoms with van der Waals surface area (Å²) < 4.78 is 6.68. The summed E-state index contributed by atoms with van der Waals surface area (Å²) in [5.74, 6) is -0.962. The Morgan fingerprint density at radius 1 is 1.16 bits per heavy atom. The van der Waals surface area contributed by atoms with Crippen LogP contribution in [0.2, 0.25) is 0 Å². The molecule has 128 valence electrons. The first-order valence-electron chi connectivity index (χ1n) is 7.60. The van der Waals surface area contributed by atoms with Crippen molar-refractivity contribution in [2.45, 2.75) is 11.2 Å². The number of hydrogen-bond acceptors (Lipinski definition) is 5. The van der Waals surface area contributed by atoms with Crippen molar-refractivity contribution >= 4 is 29.2 Å². The highest BCUT2D eigenvalue weighted by Crippen LogP contribution is 2.21. The van der Waals surface area contributed by atoms with E-state index in [-0.39, 0.29) is 5.69 Å². The number of nitrogens with one attached hydrogen (secondary N) is 1. The van der Waals surface area contributed by atoms with Gasteiger partial charge < -0.3 is 10.1 Å². The van der Waals surface area contributed by atoms with E-state index in [1.807, 2.05) is 41.1 Å². The Hall–Kier alpha value is -2.80. The molecular formula is C18H17N3O3S. The number of amides is 1. The molecule has 1 aromatic carbocycles. The van der Waals surface area contributed by atoms with Crippen LogP contribution in [0.3, 0.4) is 0 Å². The van der Waals surface area contributed by atoms with Crippen LogP contribution in [0.4, 0.5) is 0 Å². The van der Waals surface area contributed by atoms with Crippen molar-refractivity contribution in [3.8, 4) is 0 Å². The van der Waals surface area contributed by atoms with Crippen molar-refractivity contribution in [2.24, 2.45) is 0 Å². The summed E-state index contributed by atoms with van der Waals surface area (Å²) in [5.41, 5.74) is 1.60. The van der Waals surface area contributed by atoms with Crippen LogP contribution in [0.1, 0.15) is 22.1 Å². The number of benzene rings is 1. The number of fused-ring (bicyclic) bond motifs is 1. The van der Waals surface area contributed by atoms with Gasteiger partial charge in [0.2, 0.25) is 0 Å². The Labute approximate surface area is 149 Å². The Morgan fingerprint density at radius 2 is 1.88 bits per heavy atom. The normalized spacial score (nSPS) is 11.9. The standard InChI is InChI=1S/C18H17N3O3S/c1-24-17(23)14(12-8-4-3-5-9-12)19-16(22)15-13-10-6-7-11-21(13)18(20-15)25-2/h3-11,14H,1-2H3,(H,19,22). The molecule has 3 aromatic rings. The van der Waals surface area contributed by atoms with Crippen molar-refractivity contribution in [3.05, 3.63) is 66.0 Å². The topological polar surface area (TPSA) is 72.7 Å². The van der Waals surface area contributed by atoms with E-state index in [0.717, 1.165) is 0 Å². The molecule has 1 unspecified atom stereocenters. The molecule has 1 amide bonds. The van der Waals surface area contributed by atoms with Crippen LogP contribution < -0.4 is 5.32 Å². The van der Waals surface area contributed by atoms with E-state index >= 15 is 0 Å². The van der Waals surface area contributed by atoms with Crippen LogP contribution in [0.25, 0.3) is 5.52 Å². The van der Waals surface area contributed by atoms with E-state index in [4.69, 9.17) is 4.74 Å². The largest absolute Gasteiger partial charge is 0.467 e. The Bertz CT molecular complexity index is 908. The third-order valence-electron chi connectivity index (χ3n) is 3.76. The van der Waals surface area contributed by atoms with Crippen LogP contribution in [0.5, 0.6) is 0 Å². The van der Waals surface area contributed by atoms with Crippen molar-refractivity contribution in [1.82, 2.24) is 14.7 Å². The number of methoxy groups -OCH3 is 1. The molecule has 0 saturated carbocycles. The van der Waals surface area contributed by atoms with Gasteiger partial charge in [0.05, 0.1) is 12.6 Å². The predicted molar refractivity (Wildman–Crippen MR) is 95.6 cm³/mol. The van der Waals surface area contributed by atoms with Gasteiger partial charge in [-0.05, 0) is 24.0 Å². The van der Waals surface area contributed by atoms with E-state index in [2.05, 4.69) is 10.3 Å². The molecule has 3 rings (SSSR count). The summed E-state index contributed by atoms with van der Waals surface area (Å²) in [6.45, 7) is 0. The van der Waals surface area contributed by atoms with Gasteiger partial charge in [0.15, 0.2) is 16.9 Å². The summed E-state index contributed by atoms with van der Waals surface area (Å²) in [5, 5.41) is 3.44. The number of carbonyl (C=O) groups excluding carboxylic acids is 2. The van der Waals surface area contributed by atoms with Crippen LogP contribution in [0.15, 0.2) is 59.9 Å². The van der Waals surface area contributed by atoms with Gasteiger partial charge >= 0.3 is 5.97 Å². The summed E-state index contributed by atoms with van der Waals surface area (Å²) >= 11 is 1.44. The third-order valence-corrected chi connectivity index (χ3v) is 4.41. The number of carbonyl (C=O) groups is 2. The fourth-order valence-corrected chi connectivity index (χ4v) is 3.10. The van der Waals surface area contributed by atoms with Gasteiger partial charge in [-0.1, -0.05) is 48.2 Å². The lowest BCUT2D eigenvalue weighted by Gasteiger charge is -2.16. The Kier molecular flexibility index (Phi) is 5.04. The minimum Gasteiger partial charge on any atom is -0.467 e. The van der Waals surface area contributed by atoms with Crippen molar-refractivity contribution < 1.29 is 14.3 Å². The summed E-state index contributed by atoms with van der Waals surface area (Å²) in [4.78, 5) is 29.3. The second-order valence-corrected chi connectivity index (χ2v) is 6.02. The molecule has 0 fully saturated rings. The highest BCUT2D eigenvalue weighted by atomic mass is 32.2. The summed E-state index contributed by atoms with van der Waals surface area (Å²) in [6, 6.07) is 13.6. The number of rotatable bonds is 5. The maximum Gasteiger partial charge on any atom is 0.333 e. The van der Waals surface area contributed by atoms with E-state index in [0.29, 0.717) is 16.2 Å². The van der Waals surface area contributed by atoms with Gasteiger partial charge in [-0.25, -0.2) is 9.78 Å². The second kappa shape index (κ2) is 7.40. The predicted octanol–water partition coefficient (Wildman–Crippen LogP) is 2.70. The molecule has 0 bridgehead atoms. The van der Waals surface area contributed by atoms with Crippen LogP contribution in [-0.4, -0.2) is 34.6 Å². The first-order chi connectivity index (χ1) is 12.2. The minimum absolute atomic E-state index is 0.273. The van der Waals surface area contributed by atoms with E-state index in [1.165, 1.54) is 18.9 Å². The number of ether oxygens (including phenoxy) is 1. The highest BCUT2D eigenvalue weighted by Gasteiger charge is 2.26. The molecule has 0 saturated heterocycles. The molecule has 0 aliphatic carbocycles. The molecule has 0 spiro atoms. The zero-order chi connectivity index (χ0) is 17.8. The number of thioether (sulfide) groups is 1.